The Kier molecular flexibility index (Phi) is 6.33. The van der Waals surface area contributed by atoms with Crippen LogP contribution in [-0.2, 0) is 13.1 Å². The summed E-state index contributed by atoms with van der Waals surface area (Å²) in [6, 6.07) is 12.1. The van der Waals surface area contributed by atoms with Crippen LogP contribution in [0.4, 0.5) is 0 Å². The number of carbonyl (C=O) groups excluding carboxylic acids is 1. The van der Waals surface area contributed by atoms with E-state index in [4.69, 9.17) is 9.40 Å². The lowest BCUT2D eigenvalue weighted by atomic mass is 10.1. The van der Waals surface area contributed by atoms with Crippen LogP contribution >= 0.6 is 0 Å². The molecule has 3 heterocycles. The molecule has 0 saturated carbocycles. The third-order valence-electron chi connectivity index (χ3n) is 5.66. The summed E-state index contributed by atoms with van der Waals surface area (Å²) in [4.78, 5) is 20.4. The number of nitrogens with zero attached hydrogens (tertiary/aromatic N) is 4. The summed E-state index contributed by atoms with van der Waals surface area (Å²) in [6.07, 6.45) is 1.73. The first-order chi connectivity index (χ1) is 15.7. The Labute approximate surface area is 194 Å². The molecular formula is C26H31N5O2. The molecule has 0 aliphatic rings. The highest BCUT2D eigenvalue weighted by atomic mass is 16.3. The van der Waals surface area contributed by atoms with E-state index in [1.807, 2.05) is 56.9 Å². The molecule has 7 nitrogen and oxygen atoms in total. The molecule has 0 saturated heterocycles. The van der Waals surface area contributed by atoms with Crippen molar-refractivity contribution >= 4 is 16.9 Å². The van der Waals surface area contributed by atoms with Gasteiger partial charge in [-0.2, -0.15) is 5.10 Å². The minimum Gasteiger partial charge on any atom is -0.466 e. The first-order valence-electron chi connectivity index (χ1n) is 11.2. The quantitative estimate of drug-likeness (QED) is 0.439. The van der Waals surface area contributed by atoms with Crippen LogP contribution in [0.15, 0.2) is 47.0 Å². The lowest BCUT2D eigenvalue weighted by Crippen LogP contribution is -2.24. The Morgan fingerprint density at radius 1 is 1.15 bits per heavy atom. The molecule has 0 unspecified atom stereocenters. The summed E-state index contributed by atoms with van der Waals surface area (Å²) in [5, 5.41) is 8.36. The summed E-state index contributed by atoms with van der Waals surface area (Å²) in [6.45, 7) is 9.19. The second kappa shape index (κ2) is 9.19. The number of carbonyl (C=O) groups is 1. The highest BCUT2D eigenvalue weighted by Crippen LogP contribution is 2.30. The standard InChI is InChI=1S/C26H31N5O2/c1-16(2)31-25-23(14-28-31)22(12-24(29-25)21-11-17(3)33-18(21)4)26(32)27-13-19-9-7-8-10-20(19)15-30(5)6/h7-12,14,16H,13,15H2,1-6H3,(H,27,32). The lowest BCUT2D eigenvalue weighted by molar-refractivity contribution is 0.0952. The third kappa shape index (κ3) is 4.68. The van der Waals surface area contributed by atoms with E-state index in [9.17, 15) is 4.79 Å². The Hall–Kier alpha value is -3.45. The van der Waals surface area contributed by atoms with Gasteiger partial charge in [-0.3, -0.25) is 4.79 Å². The van der Waals surface area contributed by atoms with Crippen molar-refractivity contribution in [2.75, 3.05) is 14.1 Å². The minimum atomic E-state index is -0.149. The molecule has 0 aliphatic heterocycles. The van der Waals surface area contributed by atoms with Crippen molar-refractivity contribution in [1.29, 1.82) is 0 Å². The van der Waals surface area contributed by atoms with E-state index in [1.165, 1.54) is 5.56 Å². The zero-order valence-corrected chi connectivity index (χ0v) is 20.1. The van der Waals surface area contributed by atoms with Crippen LogP contribution in [0.3, 0.4) is 0 Å². The van der Waals surface area contributed by atoms with Gasteiger partial charge in [0.25, 0.3) is 5.91 Å². The predicted octanol–water partition coefficient (Wildman–Crippen LogP) is 4.88. The molecule has 4 rings (SSSR count). The van der Waals surface area contributed by atoms with Crippen LogP contribution in [-0.4, -0.2) is 39.7 Å². The van der Waals surface area contributed by atoms with Crippen molar-refractivity contribution in [1.82, 2.24) is 25.0 Å². The number of pyridine rings is 1. The number of aryl methyl sites for hydroxylation is 2. The maximum Gasteiger partial charge on any atom is 0.252 e. The summed E-state index contributed by atoms with van der Waals surface area (Å²) >= 11 is 0. The summed E-state index contributed by atoms with van der Waals surface area (Å²) in [5.41, 5.74) is 5.14. The molecule has 33 heavy (non-hydrogen) atoms. The predicted molar refractivity (Wildman–Crippen MR) is 130 cm³/mol. The molecular weight excluding hydrogens is 414 g/mol. The number of benzene rings is 1. The van der Waals surface area contributed by atoms with Gasteiger partial charge >= 0.3 is 0 Å². The van der Waals surface area contributed by atoms with Gasteiger partial charge in [-0.15, -0.1) is 0 Å². The summed E-state index contributed by atoms with van der Waals surface area (Å²) in [5.74, 6) is 1.44. The first-order valence-corrected chi connectivity index (χ1v) is 11.2. The van der Waals surface area contributed by atoms with Crippen molar-refractivity contribution in [2.24, 2.45) is 0 Å². The van der Waals surface area contributed by atoms with E-state index >= 15 is 0 Å². The van der Waals surface area contributed by atoms with Crippen molar-refractivity contribution in [3.05, 3.63) is 70.8 Å². The maximum absolute atomic E-state index is 13.4. The fourth-order valence-electron chi connectivity index (χ4n) is 4.10. The van der Waals surface area contributed by atoms with Crippen LogP contribution in [0.25, 0.3) is 22.3 Å². The van der Waals surface area contributed by atoms with Crippen LogP contribution in [0, 0.1) is 13.8 Å². The highest BCUT2D eigenvalue weighted by Gasteiger charge is 2.20. The van der Waals surface area contributed by atoms with E-state index in [0.29, 0.717) is 23.4 Å². The number of nitrogens with one attached hydrogen (secondary N) is 1. The van der Waals surface area contributed by atoms with Crippen LogP contribution in [0.1, 0.15) is 52.9 Å². The Morgan fingerprint density at radius 2 is 1.88 bits per heavy atom. The molecule has 1 aromatic carbocycles. The van der Waals surface area contributed by atoms with Crippen LogP contribution in [0.5, 0.6) is 0 Å². The average molecular weight is 446 g/mol. The van der Waals surface area contributed by atoms with E-state index in [1.54, 1.807) is 6.20 Å². The Bertz CT molecular complexity index is 1300. The van der Waals surface area contributed by atoms with Crippen molar-refractivity contribution in [2.45, 2.75) is 46.8 Å². The summed E-state index contributed by atoms with van der Waals surface area (Å²) in [7, 11) is 4.08. The number of amides is 1. The topological polar surface area (TPSA) is 76.2 Å². The molecule has 1 N–H and O–H groups in total. The fourth-order valence-corrected chi connectivity index (χ4v) is 4.10. The monoisotopic (exact) mass is 445 g/mol. The molecule has 3 aromatic heterocycles. The van der Waals surface area contributed by atoms with Crippen LogP contribution < -0.4 is 5.32 Å². The van der Waals surface area contributed by atoms with Gasteiger partial charge in [0, 0.05) is 24.7 Å². The van der Waals surface area contributed by atoms with Crippen molar-refractivity contribution in [3.8, 4) is 11.3 Å². The second-order valence-corrected chi connectivity index (χ2v) is 8.99. The lowest BCUT2D eigenvalue weighted by Gasteiger charge is -2.15. The zero-order chi connectivity index (χ0) is 23.7. The molecule has 0 aliphatic carbocycles. The maximum atomic E-state index is 13.4. The number of rotatable bonds is 7. The summed E-state index contributed by atoms with van der Waals surface area (Å²) < 4.78 is 7.58. The van der Waals surface area contributed by atoms with Crippen molar-refractivity contribution in [3.63, 3.8) is 0 Å². The molecule has 0 atom stereocenters. The molecule has 0 fully saturated rings. The van der Waals surface area contributed by atoms with Gasteiger partial charge < -0.3 is 14.6 Å². The number of hydrogen-bond donors (Lipinski definition) is 1. The van der Waals surface area contributed by atoms with Gasteiger partial charge in [-0.05, 0) is 65.0 Å². The Balaban J connectivity index is 1.72. The van der Waals surface area contributed by atoms with E-state index in [-0.39, 0.29) is 11.9 Å². The minimum absolute atomic E-state index is 0.117. The largest absolute Gasteiger partial charge is 0.466 e. The van der Waals surface area contributed by atoms with Gasteiger partial charge in [-0.1, -0.05) is 24.3 Å². The molecule has 7 heteroatoms. The van der Waals surface area contributed by atoms with E-state index in [0.717, 1.165) is 34.6 Å². The van der Waals surface area contributed by atoms with Gasteiger partial charge in [0.15, 0.2) is 5.65 Å². The van der Waals surface area contributed by atoms with Gasteiger partial charge in [-0.25, -0.2) is 9.67 Å². The molecule has 1 amide bonds. The number of hydrogen-bond acceptors (Lipinski definition) is 5. The first kappa shape index (κ1) is 22.7. The normalized spacial score (nSPS) is 11.6. The molecule has 4 aromatic rings. The van der Waals surface area contributed by atoms with Gasteiger partial charge in [0.05, 0.1) is 22.8 Å². The fraction of sp³-hybridized carbons (Fsp3) is 0.346. The molecule has 0 spiro atoms. The second-order valence-electron chi connectivity index (χ2n) is 8.99. The third-order valence-corrected chi connectivity index (χ3v) is 5.66. The average Bonchev–Trinajstić information content (AvgIpc) is 3.34. The molecule has 0 radical (unpaired) electrons. The molecule has 0 bridgehead atoms. The van der Waals surface area contributed by atoms with Crippen LogP contribution in [0.2, 0.25) is 0 Å². The van der Waals surface area contributed by atoms with Gasteiger partial charge in [0.1, 0.15) is 11.5 Å². The number of furan rings is 1. The van der Waals surface area contributed by atoms with Gasteiger partial charge in [0.2, 0.25) is 0 Å². The zero-order valence-electron chi connectivity index (χ0n) is 20.1. The number of aromatic nitrogens is 3. The van der Waals surface area contributed by atoms with E-state index in [2.05, 4.69) is 41.3 Å². The molecule has 172 valence electrons. The SMILES string of the molecule is Cc1cc(-c2cc(C(=O)NCc3ccccc3CN(C)C)c3cnn(C(C)C)c3n2)c(C)o1. The van der Waals surface area contributed by atoms with E-state index < -0.39 is 0 Å². The van der Waals surface area contributed by atoms with Crippen molar-refractivity contribution < 1.29 is 9.21 Å². The number of fused-ring (bicyclic) bond motifs is 1. The highest BCUT2D eigenvalue weighted by molar-refractivity contribution is 6.06. The Morgan fingerprint density at radius 3 is 2.52 bits per heavy atom. The smallest absolute Gasteiger partial charge is 0.252 e.